The van der Waals surface area contributed by atoms with Gasteiger partial charge in [-0.15, -0.1) is 0 Å². The highest BCUT2D eigenvalue weighted by atomic mass is 32.2. The van der Waals surface area contributed by atoms with Crippen LogP contribution in [0.5, 0.6) is 0 Å². The fourth-order valence-corrected chi connectivity index (χ4v) is 5.32. The molecule has 0 N–H and O–H groups in total. The molecule has 9 nitrogen and oxygen atoms in total. The molecule has 10 heteroatoms. The normalized spacial score (nSPS) is 14.5. The quantitative estimate of drug-likeness (QED) is 0.347. The molecular weight excluding hydrogens is 448 g/mol. The summed E-state index contributed by atoms with van der Waals surface area (Å²) in [6.07, 6.45) is 2.07. The van der Waals surface area contributed by atoms with Gasteiger partial charge in [0, 0.05) is 31.6 Å². The lowest BCUT2D eigenvalue weighted by Crippen LogP contribution is -2.27. The molecule has 1 saturated heterocycles. The molecule has 0 aliphatic carbocycles. The van der Waals surface area contributed by atoms with E-state index in [1.165, 1.54) is 33.1 Å². The molecule has 0 radical (unpaired) electrons. The second-order valence-electron chi connectivity index (χ2n) is 7.81. The lowest BCUT2D eigenvalue weighted by Gasteiger charge is -2.15. The number of carbonyl (C=O) groups excluding carboxylic acids is 2. The van der Waals surface area contributed by atoms with E-state index in [-0.39, 0.29) is 23.4 Å². The fraction of sp³-hybridized carbons (Fsp3) is 0.348. The molecule has 1 aliphatic rings. The highest BCUT2D eigenvalue weighted by Gasteiger charge is 2.27. The fourth-order valence-electron chi connectivity index (χ4n) is 3.80. The van der Waals surface area contributed by atoms with Crippen molar-refractivity contribution in [3.8, 4) is 0 Å². The van der Waals surface area contributed by atoms with E-state index in [0.29, 0.717) is 30.6 Å². The molecule has 2 heterocycles. The van der Waals surface area contributed by atoms with Crippen LogP contribution < -0.4 is 5.76 Å². The summed E-state index contributed by atoms with van der Waals surface area (Å²) in [4.78, 5) is 36.4. The molecule has 3 aromatic rings. The van der Waals surface area contributed by atoms with Gasteiger partial charge >= 0.3 is 11.7 Å². The van der Waals surface area contributed by atoms with Gasteiger partial charge < -0.3 is 9.15 Å². The number of hydrogen-bond acceptors (Lipinski definition) is 7. The minimum absolute atomic E-state index is 0.0340. The predicted molar refractivity (Wildman–Crippen MR) is 119 cm³/mol. The third-order valence-corrected chi connectivity index (χ3v) is 7.49. The Morgan fingerprint density at radius 1 is 1.00 bits per heavy atom. The number of nitrogens with zero attached hydrogens (tertiary/aromatic N) is 2. The third-order valence-electron chi connectivity index (χ3n) is 5.58. The maximum absolute atomic E-state index is 12.6. The first kappa shape index (κ1) is 22.9. The zero-order valence-corrected chi connectivity index (χ0v) is 18.8. The maximum atomic E-state index is 12.6. The average molecular weight is 473 g/mol. The molecule has 2 aromatic carbocycles. The van der Waals surface area contributed by atoms with E-state index < -0.39 is 34.1 Å². The Morgan fingerprint density at radius 3 is 2.42 bits per heavy atom. The number of benzene rings is 2. The van der Waals surface area contributed by atoms with Crippen molar-refractivity contribution in [1.29, 1.82) is 0 Å². The number of fused-ring (bicyclic) bond motifs is 1. The summed E-state index contributed by atoms with van der Waals surface area (Å²) in [6.45, 7) is 0.854. The number of oxazole rings is 1. The van der Waals surface area contributed by atoms with Crippen LogP contribution in [0, 0.1) is 0 Å². The number of para-hydroxylation sites is 2. The predicted octanol–water partition coefficient (Wildman–Crippen LogP) is 2.59. The van der Waals surface area contributed by atoms with Crippen molar-refractivity contribution in [2.24, 2.45) is 0 Å². The smallest absolute Gasteiger partial charge is 0.419 e. The van der Waals surface area contributed by atoms with Crippen molar-refractivity contribution < 1.29 is 27.2 Å². The summed E-state index contributed by atoms with van der Waals surface area (Å²) in [5, 5.41) is 0. The molecule has 0 spiro atoms. The first-order chi connectivity index (χ1) is 15.9. The average Bonchev–Trinajstić information content (AvgIpc) is 3.46. The Labute approximate surface area is 190 Å². The van der Waals surface area contributed by atoms with Gasteiger partial charge in [-0.05, 0) is 55.7 Å². The van der Waals surface area contributed by atoms with Gasteiger partial charge in [-0.3, -0.25) is 14.2 Å². The molecule has 33 heavy (non-hydrogen) atoms. The Morgan fingerprint density at radius 2 is 1.70 bits per heavy atom. The standard InChI is InChI=1S/C23H24N2O7S/c26-20(17-9-11-18(12-10-17)33(29,30)24-13-3-4-14-24)16-31-22(27)8-5-15-25-19-6-1-2-7-21(19)32-23(25)28/h1-2,6-7,9-12H,3-5,8,13-16H2. The number of ketones is 1. The summed E-state index contributed by atoms with van der Waals surface area (Å²) < 4.78 is 38.2. The van der Waals surface area contributed by atoms with E-state index in [2.05, 4.69) is 0 Å². The summed E-state index contributed by atoms with van der Waals surface area (Å²) in [5.74, 6) is -1.47. The van der Waals surface area contributed by atoms with Crippen molar-refractivity contribution in [3.05, 3.63) is 64.6 Å². The lowest BCUT2D eigenvalue weighted by atomic mass is 10.1. The van der Waals surface area contributed by atoms with Gasteiger partial charge in [0.1, 0.15) is 0 Å². The molecule has 4 rings (SSSR count). The van der Waals surface area contributed by atoms with Crippen LogP contribution in [-0.2, 0) is 26.1 Å². The van der Waals surface area contributed by atoms with E-state index in [1.54, 1.807) is 24.3 Å². The van der Waals surface area contributed by atoms with E-state index in [4.69, 9.17) is 9.15 Å². The number of carbonyl (C=O) groups is 2. The number of rotatable bonds is 9. The van der Waals surface area contributed by atoms with Crippen LogP contribution in [0.25, 0.3) is 11.1 Å². The summed E-state index contributed by atoms with van der Waals surface area (Å²) in [5.41, 5.74) is 1.40. The van der Waals surface area contributed by atoms with Crippen LogP contribution in [0.4, 0.5) is 0 Å². The molecule has 1 fully saturated rings. The number of ether oxygens (including phenoxy) is 1. The number of sulfonamides is 1. The molecule has 1 aliphatic heterocycles. The summed E-state index contributed by atoms with van der Waals surface area (Å²) >= 11 is 0. The lowest BCUT2D eigenvalue weighted by molar-refractivity contribution is -0.142. The van der Waals surface area contributed by atoms with Crippen LogP contribution in [-0.4, -0.2) is 48.7 Å². The topological polar surface area (TPSA) is 116 Å². The van der Waals surface area contributed by atoms with E-state index in [1.807, 2.05) is 0 Å². The Bertz CT molecular complexity index is 1320. The number of Topliss-reactive ketones (excluding diaryl/α,β-unsaturated/α-hetero) is 1. The van der Waals surface area contributed by atoms with Crippen molar-refractivity contribution in [2.45, 2.75) is 37.1 Å². The zero-order valence-electron chi connectivity index (χ0n) is 17.9. The van der Waals surface area contributed by atoms with Crippen molar-refractivity contribution in [2.75, 3.05) is 19.7 Å². The maximum Gasteiger partial charge on any atom is 0.419 e. The van der Waals surface area contributed by atoms with Gasteiger partial charge in [0.15, 0.2) is 18.0 Å². The van der Waals surface area contributed by atoms with Crippen LogP contribution >= 0.6 is 0 Å². The zero-order chi connectivity index (χ0) is 23.4. The Balaban J connectivity index is 1.26. The summed E-state index contributed by atoms with van der Waals surface area (Å²) in [7, 11) is -3.55. The Kier molecular flexibility index (Phi) is 6.75. The van der Waals surface area contributed by atoms with Crippen LogP contribution in [0.15, 0.2) is 62.6 Å². The summed E-state index contributed by atoms with van der Waals surface area (Å²) in [6, 6.07) is 12.7. The minimum Gasteiger partial charge on any atom is -0.457 e. The first-order valence-electron chi connectivity index (χ1n) is 10.7. The second-order valence-corrected chi connectivity index (χ2v) is 9.75. The molecular formula is C23H24N2O7S. The SMILES string of the molecule is O=C(CCCn1c(=O)oc2ccccc21)OCC(=O)c1ccc(S(=O)(=O)N2CCCC2)cc1. The van der Waals surface area contributed by atoms with Crippen molar-refractivity contribution in [1.82, 2.24) is 8.87 Å². The van der Waals surface area contributed by atoms with E-state index >= 15 is 0 Å². The van der Waals surface area contributed by atoms with E-state index in [0.717, 1.165) is 12.8 Å². The van der Waals surface area contributed by atoms with Gasteiger partial charge in [0.25, 0.3) is 0 Å². The number of aryl methyl sites for hydroxylation is 1. The van der Waals surface area contributed by atoms with Gasteiger partial charge in [-0.2, -0.15) is 4.31 Å². The number of aromatic nitrogens is 1. The first-order valence-corrected chi connectivity index (χ1v) is 12.2. The van der Waals surface area contributed by atoms with Gasteiger partial charge in [-0.1, -0.05) is 12.1 Å². The third kappa shape index (κ3) is 5.07. The number of hydrogen-bond donors (Lipinski definition) is 0. The van der Waals surface area contributed by atoms with Crippen molar-refractivity contribution in [3.63, 3.8) is 0 Å². The molecule has 0 amide bonds. The van der Waals surface area contributed by atoms with Crippen LogP contribution in [0.2, 0.25) is 0 Å². The second kappa shape index (κ2) is 9.72. The molecule has 1 aromatic heterocycles. The molecule has 0 atom stereocenters. The molecule has 0 saturated carbocycles. The highest BCUT2D eigenvalue weighted by Crippen LogP contribution is 2.21. The van der Waals surface area contributed by atoms with Crippen molar-refractivity contribution >= 4 is 32.9 Å². The highest BCUT2D eigenvalue weighted by molar-refractivity contribution is 7.89. The number of esters is 1. The molecule has 0 unspecified atom stereocenters. The molecule has 174 valence electrons. The van der Waals surface area contributed by atoms with Gasteiger partial charge in [-0.25, -0.2) is 13.2 Å². The van der Waals surface area contributed by atoms with Crippen LogP contribution in [0.3, 0.4) is 0 Å². The molecule has 0 bridgehead atoms. The van der Waals surface area contributed by atoms with Gasteiger partial charge in [0.05, 0.1) is 10.4 Å². The largest absolute Gasteiger partial charge is 0.457 e. The van der Waals surface area contributed by atoms with Gasteiger partial charge in [0.2, 0.25) is 10.0 Å². The van der Waals surface area contributed by atoms with Crippen LogP contribution in [0.1, 0.15) is 36.0 Å². The Hall–Kier alpha value is -3.24. The minimum atomic E-state index is -3.55. The van der Waals surface area contributed by atoms with E-state index in [9.17, 15) is 22.8 Å². The monoisotopic (exact) mass is 472 g/mol.